The minimum atomic E-state index is -0.141. The number of nitrogens with one attached hydrogen (secondary N) is 2. The average Bonchev–Trinajstić information content (AvgIpc) is 3.51. The van der Waals surface area contributed by atoms with Gasteiger partial charge in [0.05, 0.1) is 12.6 Å². The summed E-state index contributed by atoms with van der Waals surface area (Å²) in [4.78, 5) is 18.4. The third-order valence-corrected chi connectivity index (χ3v) is 6.88. The molecule has 3 aromatic carbocycles. The normalized spacial score (nSPS) is 16.4. The molecule has 34 heavy (non-hydrogen) atoms. The Balaban J connectivity index is 1.34. The summed E-state index contributed by atoms with van der Waals surface area (Å²) in [6.07, 6.45) is 0.856. The van der Waals surface area contributed by atoms with E-state index in [1.54, 1.807) is 0 Å². The lowest BCUT2D eigenvalue weighted by molar-refractivity contribution is 0.0995. The first-order valence-corrected chi connectivity index (χ1v) is 11.7. The summed E-state index contributed by atoms with van der Waals surface area (Å²) in [7, 11) is 0. The molecule has 0 aliphatic carbocycles. The number of hydrogen-bond acceptors (Lipinski definition) is 4. The zero-order valence-electron chi connectivity index (χ0n) is 18.4. The molecule has 0 fully saturated rings. The van der Waals surface area contributed by atoms with Crippen molar-refractivity contribution >= 4 is 34.0 Å². The van der Waals surface area contributed by atoms with Gasteiger partial charge in [0.25, 0.3) is 0 Å². The van der Waals surface area contributed by atoms with Crippen LogP contribution >= 0.6 is 12.2 Å². The van der Waals surface area contributed by atoms with E-state index in [2.05, 4.69) is 39.5 Å². The molecule has 1 atom stereocenters. The SMILES string of the molecule is O=C(CNC(=S)N1CCc2c([nH]c3ccccc23)C1c1ccc2c(c1)OCO2)c1ccccc1. The number of benzene rings is 3. The van der Waals surface area contributed by atoms with Gasteiger partial charge in [-0.2, -0.15) is 0 Å². The number of aromatic nitrogens is 1. The summed E-state index contributed by atoms with van der Waals surface area (Å²) in [6, 6.07) is 23.5. The smallest absolute Gasteiger partial charge is 0.231 e. The third-order valence-electron chi connectivity index (χ3n) is 6.50. The van der Waals surface area contributed by atoms with Gasteiger partial charge in [-0.3, -0.25) is 4.79 Å². The largest absolute Gasteiger partial charge is 0.454 e. The van der Waals surface area contributed by atoms with Gasteiger partial charge >= 0.3 is 0 Å². The highest BCUT2D eigenvalue weighted by Crippen LogP contribution is 2.42. The van der Waals surface area contributed by atoms with Crippen LogP contribution in [0, 0.1) is 0 Å². The number of carbonyl (C=O) groups is 1. The second-order valence-electron chi connectivity index (χ2n) is 8.47. The fourth-order valence-electron chi connectivity index (χ4n) is 4.87. The molecule has 3 heterocycles. The minimum Gasteiger partial charge on any atom is -0.454 e. The molecule has 2 aliphatic heterocycles. The lowest BCUT2D eigenvalue weighted by Crippen LogP contribution is -2.47. The molecule has 1 aromatic heterocycles. The Morgan fingerprint density at radius 1 is 1.03 bits per heavy atom. The fraction of sp³-hybridized carbons (Fsp3) is 0.185. The van der Waals surface area contributed by atoms with Gasteiger partial charge in [-0.05, 0) is 48.0 Å². The van der Waals surface area contributed by atoms with Crippen LogP contribution in [0.1, 0.15) is 33.2 Å². The number of aromatic amines is 1. The molecular weight excluding hydrogens is 446 g/mol. The van der Waals surface area contributed by atoms with E-state index in [-0.39, 0.29) is 25.2 Å². The molecule has 0 bridgehead atoms. The standard InChI is InChI=1S/C27H23N3O3S/c31-22(17-6-2-1-3-7-17)15-28-27(34)30-13-12-20-19-8-4-5-9-21(19)29-25(20)26(30)18-10-11-23-24(14-18)33-16-32-23/h1-11,14,26,29H,12-13,15-16H2,(H,28,34). The first-order chi connectivity index (χ1) is 16.7. The van der Waals surface area contributed by atoms with Gasteiger partial charge < -0.3 is 24.7 Å². The Kier molecular flexibility index (Phi) is 5.19. The summed E-state index contributed by atoms with van der Waals surface area (Å²) in [6.45, 7) is 1.11. The van der Waals surface area contributed by atoms with Crippen LogP contribution in [0.15, 0.2) is 72.8 Å². The molecule has 6 nitrogen and oxygen atoms in total. The zero-order chi connectivity index (χ0) is 23.1. The van der Waals surface area contributed by atoms with Crippen LogP contribution in [0.3, 0.4) is 0 Å². The second-order valence-corrected chi connectivity index (χ2v) is 8.86. The lowest BCUT2D eigenvalue weighted by Gasteiger charge is -2.38. The molecule has 170 valence electrons. The molecular formula is C27H23N3O3S. The van der Waals surface area contributed by atoms with Crippen LogP contribution in [0.2, 0.25) is 0 Å². The van der Waals surface area contributed by atoms with Crippen molar-refractivity contribution in [2.24, 2.45) is 0 Å². The molecule has 1 unspecified atom stereocenters. The van der Waals surface area contributed by atoms with Gasteiger partial charge in [-0.25, -0.2) is 0 Å². The number of Topliss-reactive ketones (excluding diaryl/α,β-unsaturated/α-hetero) is 1. The van der Waals surface area contributed by atoms with Crippen molar-refractivity contribution in [3.05, 3.63) is 95.2 Å². The van der Waals surface area contributed by atoms with Crippen LogP contribution in [0.5, 0.6) is 11.5 Å². The monoisotopic (exact) mass is 469 g/mol. The van der Waals surface area contributed by atoms with E-state index in [4.69, 9.17) is 21.7 Å². The number of ketones is 1. The summed E-state index contributed by atoms with van der Waals surface area (Å²) >= 11 is 5.82. The predicted molar refractivity (Wildman–Crippen MR) is 134 cm³/mol. The fourth-order valence-corrected chi connectivity index (χ4v) is 5.14. The molecule has 0 spiro atoms. The van der Waals surface area contributed by atoms with Gasteiger partial charge in [0.2, 0.25) is 6.79 Å². The summed E-state index contributed by atoms with van der Waals surface area (Å²) < 4.78 is 11.2. The number of rotatable bonds is 4. The maximum Gasteiger partial charge on any atom is 0.231 e. The maximum atomic E-state index is 12.6. The molecule has 4 aromatic rings. The Hall–Kier alpha value is -3.84. The quantitative estimate of drug-likeness (QED) is 0.336. The topological polar surface area (TPSA) is 66.6 Å². The van der Waals surface area contributed by atoms with Crippen molar-refractivity contribution in [3.8, 4) is 11.5 Å². The predicted octanol–water partition coefficient (Wildman–Crippen LogP) is 4.60. The molecule has 0 amide bonds. The number of hydrogen-bond donors (Lipinski definition) is 2. The Morgan fingerprint density at radius 3 is 2.71 bits per heavy atom. The van der Waals surface area contributed by atoms with Crippen molar-refractivity contribution in [3.63, 3.8) is 0 Å². The number of H-pyrrole nitrogens is 1. The molecule has 7 heteroatoms. The minimum absolute atomic E-state index is 0.00545. The van der Waals surface area contributed by atoms with Crippen molar-refractivity contribution in [2.45, 2.75) is 12.5 Å². The number of thiocarbonyl (C=S) groups is 1. The van der Waals surface area contributed by atoms with E-state index < -0.39 is 0 Å². The third kappa shape index (κ3) is 3.58. The van der Waals surface area contributed by atoms with Crippen molar-refractivity contribution < 1.29 is 14.3 Å². The van der Waals surface area contributed by atoms with E-state index in [1.807, 2.05) is 48.5 Å². The van der Waals surface area contributed by atoms with Crippen molar-refractivity contribution in [1.82, 2.24) is 15.2 Å². The van der Waals surface area contributed by atoms with Crippen molar-refractivity contribution in [1.29, 1.82) is 0 Å². The van der Waals surface area contributed by atoms with Crippen LogP contribution in [0.4, 0.5) is 0 Å². The first-order valence-electron chi connectivity index (χ1n) is 11.3. The Bertz CT molecular complexity index is 1400. The van der Waals surface area contributed by atoms with E-state index >= 15 is 0 Å². The van der Waals surface area contributed by atoms with E-state index in [0.29, 0.717) is 10.7 Å². The first kappa shape index (κ1) is 20.7. The average molecular weight is 470 g/mol. The highest BCUT2D eigenvalue weighted by Gasteiger charge is 2.34. The molecule has 0 saturated heterocycles. The van der Waals surface area contributed by atoms with Crippen molar-refractivity contribution in [2.75, 3.05) is 19.9 Å². The lowest BCUT2D eigenvalue weighted by atomic mass is 9.92. The van der Waals surface area contributed by atoms with Crippen LogP contribution in [-0.2, 0) is 6.42 Å². The Morgan fingerprint density at radius 2 is 1.82 bits per heavy atom. The van der Waals surface area contributed by atoms with Crippen LogP contribution < -0.4 is 14.8 Å². The van der Waals surface area contributed by atoms with Gasteiger partial charge in [-0.1, -0.05) is 54.6 Å². The van der Waals surface area contributed by atoms with Gasteiger partial charge in [0.15, 0.2) is 22.4 Å². The van der Waals surface area contributed by atoms with Gasteiger partial charge in [-0.15, -0.1) is 0 Å². The Labute approximate surface area is 202 Å². The number of para-hydroxylation sites is 1. The van der Waals surface area contributed by atoms with Crippen LogP contribution in [-0.4, -0.2) is 40.7 Å². The van der Waals surface area contributed by atoms with Crippen LogP contribution in [0.25, 0.3) is 10.9 Å². The second kappa shape index (κ2) is 8.50. The molecule has 2 aliphatic rings. The molecule has 6 rings (SSSR count). The highest BCUT2D eigenvalue weighted by atomic mass is 32.1. The number of carbonyl (C=O) groups excluding carboxylic acids is 1. The highest BCUT2D eigenvalue weighted by molar-refractivity contribution is 7.80. The van der Waals surface area contributed by atoms with E-state index in [0.717, 1.165) is 41.2 Å². The van der Waals surface area contributed by atoms with Gasteiger partial charge in [0.1, 0.15) is 0 Å². The summed E-state index contributed by atoms with van der Waals surface area (Å²) in [5.41, 5.74) is 5.25. The maximum absolute atomic E-state index is 12.6. The van der Waals surface area contributed by atoms with E-state index in [9.17, 15) is 4.79 Å². The molecule has 0 radical (unpaired) electrons. The zero-order valence-corrected chi connectivity index (χ0v) is 19.2. The molecule has 2 N–H and O–H groups in total. The van der Waals surface area contributed by atoms with E-state index in [1.165, 1.54) is 10.9 Å². The number of fused-ring (bicyclic) bond motifs is 4. The molecule has 0 saturated carbocycles. The van der Waals surface area contributed by atoms with Gasteiger partial charge in [0, 0.05) is 28.7 Å². The number of ether oxygens (including phenoxy) is 2. The summed E-state index contributed by atoms with van der Waals surface area (Å²) in [5.74, 6) is 1.49. The summed E-state index contributed by atoms with van der Waals surface area (Å²) in [5, 5.41) is 4.99. The number of nitrogens with zero attached hydrogens (tertiary/aromatic N) is 1.